The minimum absolute atomic E-state index is 0.179. The van der Waals surface area contributed by atoms with Crippen LogP contribution in [0.3, 0.4) is 0 Å². The Morgan fingerprint density at radius 3 is 2.88 bits per heavy atom. The Kier molecular flexibility index (Phi) is 3.63. The summed E-state index contributed by atoms with van der Waals surface area (Å²) in [5.74, 6) is -2.92. The summed E-state index contributed by atoms with van der Waals surface area (Å²) in [5.41, 5.74) is 0. The molecule has 0 saturated carbocycles. The Bertz CT molecular complexity index is 298. The standard InChI is InChI=1S/C11H19F2N3O/c1-14-8-3-2-4-16(6-8)10(17)9-5-11(12,13)7-15-9/h8-9,14-15H,2-7H2,1H3. The molecule has 0 aromatic carbocycles. The summed E-state index contributed by atoms with van der Waals surface area (Å²) in [7, 11) is 1.86. The van der Waals surface area contributed by atoms with Gasteiger partial charge in [0.15, 0.2) is 0 Å². The number of piperidine rings is 1. The predicted molar refractivity (Wildman–Crippen MR) is 60.0 cm³/mol. The van der Waals surface area contributed by atoms with Gasteiger partial charge >= 0.3 is 0 Å². The molecule has 6 heteroatoms. The van der Waals surface area contributed by atoms with E-state index in [0.29, 0.717) is 13.1 Å². The molecule has 2 fully saturated rings. The Hall–Kier alpha value is -0.750. The van der Waals surface area contributed by atoms with Gasteiger partial charge in [-0.05, 0) is 19.9 Å². The van der Waals surface area contributed by atoms with E-state index in [1.807, 2.05) is 7.05 Å². The van der Waals surface area contributed by atoms with Gasteiger partial charge in [-0.25, -0.2) is 8.78 Å². The number of likely N-dealkylation sites (tertiary alicyclic amines) is 1. The molecule has 2 aliphatic heterocycles. The van der Waals surface area contributed by atoms with Crippen molar-refractivity contribution in [3.8, 4) is 0 Å². The summed E-state index contributed by atoms with van der Waals surface area (Å²) in [6, 6.07) is -0.421. The van der Waals surface area contributed by atoms with Gasteiger partial charge in [0.05, 0.1) is 12.6 Å². The Morgan fingerprint density at radius 1 is 1.53 bits per heavy atom. The minimum Gasteiger partial charge on any atom is -0.340 e. The number of likely N-dealkylation sites (N-methyl/N-ethyl adjacent to an activating group) is 1. The lowest BCUT2D eigenvalue weighted by molar-refractivity contribution is -0.135. The Labute approximate surface area is 99.7 Å². The number of nitrogens with zero attached hydrogens (tertiary/aromatic N) is 1. The van der Waals surface area contributed by atoms with Crippen molar-refractivity contribution in [2.24, 2.45) is 0 Å². The lowest BCUT2D eigenvalue weighted by Crippen LogP contribution is -2.51. The molecule has 0 aromatic rings. The molecular weight excluding hydrogens is 228 g/mol. The average Bonchev–Trinajstić information content (AvgIpc) is 2.69. The van der Waals surface area contributed by atoms with Crippen LogP contribution in [0.15, 0.2) is 0 Å². The smallest absolute Gasteiger partial charge is 0.262 e. The first-order valence-corrected chi connectivity index (χ1v) is 6.09. The fourth-order valence-electron chi connectivity index (χ4n) is 2.52. The van der Waals surface area contributed by atoms with Gasteiger partial charge in [-0.15, -0.1) is 0 Å². The van der Waals surface area contributed by atoms with Gasteiger partial charge in [-0.2, -0.15) is 0 Å². The summed E-state index contributed by atoms with van der Waals surface area (Å²) >= 11 is 0. The van der Waals surface area contributed by atoms with Crippen LogP contribution in [0, 0.1) is 0 Å². The molecule has 0 bridgehead atoms. The van der Waals surface area contributed by atoms with Crippen LogP contribution in [0.1, 0.15) is 19.3 Å². The second-order valence-electron chi connectivity index (χ2n) is 4.91. The predicted octanol–water partition coefficient (Wildman–Crippen LogP) is 0.194. The van der Waals surface area contributed by atoms with Crippen molar-refractivity contribution in [1.82, 2.24) is 15.5 Å². The monoisotopic (exact) mass is 247 g/mol. The van der Waals surface area contributed by atoms with E-state index in [1.165, 1.54) is 0 Å². The third-order valence-electron chi connectivity index (χ3n) is 3.55. The summed E-state index contributed by atoms with van der Waals surface area (Å²) < 4.78 is 26.0. The molecule has 0 spiro atoms. The maximum Gasteiger partial charge on any atom is 0.262 e. The number of carbonyl (C=O) groups excluding carboxylic acids is 1. The minimum atomic E-state index is -2.74. The van der Waals surface area contributed by atoms with Gasteiger partial charge < -0.3 is 10.2 Å². The van der Waals surface area contributed by atoms with Crippen LogP contribution in [0.4, 0.5) is 8.78 Å². The lowest BCUT2D eigenvalue weighted by atomic mass is 10.0. The van der Waals surface area contributed by atoms with Gasteiger partial charge in [0.25, 0.3) is 5.92 Å². The van der Waals surface area contributed by atoms with Crippen molar-refractivity contribution >= 4 is 5.91 Å². The largest absolute Gasteiger partial charge is 0.340 e. The van der Waals surface area contributed by atoms with Crippen LogP contribution in [0.2, 0.25) is 0 Å². The molecule has 1 amide bonds. The fraction of sp³-hybridized carbons (Fsp3) is 0.909. The van der Waals surface area contributed by atoms with Gasteiger partial charge in [0.1, 0.15) is 0 Å². The number of alkyl halides is 2. The van der Waals surface area contributed by atoms with E-state index >= 15 is 0 Å². The van der Waals surface area contributed by atoms with Crippen LogP contribution in [-0.2, 0) is 4.79 Å². The molecule has 98 valence electrons. The highest BCUT2D eigenvalue weighted by molar-refractivity contribution is 5.82. The summed E-state index contributed by atoms with van der Waals surface area (Å²) in [6.45, 7) is 0.923. The quantitative estimate of drug-likeness (QED) is 0.732. The van der Waals surface area contributed by atoms with Gasteiger partial charge in [-0.3, -0.25) is 10.1 Å². The van der Waals surface area contributed by atoms with Gasteiger partial charge in [-0.1, -0.05) is 0 Å². The van der Waals surface area contributed by atoms with E-state index in [1.54, 1.807) is 4.90 Å². The van der Waals surface area contributed by atoms with E-state index in [0.717, 1.165) is 12.8 Å². The first kappa shape index (κ1) is 12.7. The number of hydrogen-bond acceptors (Lipinski definition) is 3. The van der Waals surface area contributed by atoms with Crippen LogP contribution in [0.5, 0.6) is 0 Å². The van der Waals surface area contributed by atoms with Crippen molar-refractivity contribution in [2.45, 2.75) is 37.3 Å². The maximum atomic E-state index is 13.0. The average molecular weight is 247 g/mol. The molecule has 0 radical (unpaired) electrons. The maximum absolute atomic E-state index is 13.0. The Balaban J connectivity index is 1.91. The highest BCUT2D eigenvalue weighted by atomic mass is 19.3. The molecule has 2 unspecified atom stereocenters. The molecule has 2 atom stereocenters. The van der Waals surface area contributed by atoms with Crippen molar-refractivity contribution in [2.75, 3.05) is 26.7 Å². The number of rotatable bonds is 2. The van der Waals surface area contributed by atoms with Gasteiger partial charge in [0, 0.05) is 25.6 Å². The third kappa shape index (κ3) is 2.93. The highest BCUT2D eigenvalue weighted by Gasteiger charge is 2.43. The zero-order valence-electron chi connectivity index (χ0n) is 10.0. The molecule has 2 heterocycles. The summed E-state index contributed by atoms with van der Waals surface area (Å²) in [4.78, 5) is 13.8. The van der Waals surface area contributed by atoms with Crippen molar-refractivity contribution in [1.29, 1.82) is 0 Å². The van der Waals surface area contributed by atoms with E-state index in [2.05, 4.69) is 10.6 Å². The lowest BCUT2D eigenvalue weighted by Gasteiger charge is -2.34. The van der Waals surface area contributed by atoms with Crippen LogP contribution in [0.25, 0.3) is 0 Å². The number of halogens is 2. The van der Waals surface area contributed by atoms with E-state index in [9.17, 15) is 13.6 Å². The molecule has 4 nitrogen and oxygen atoms in total. The van der Waals surface area contributed by atoms with E-state index in [4.69, 9.17) is 0 Å². The molecular formula is C11H19F2N3O. The van der Waals surface area contributed by atoms with Crippen molar-refractivity contribution in [3.63, 3.8) is 0 Å². The molecule has 0 aromatic heterocycles. The van der Waals surface area contributed by atoms with Gasteiger partial charge in [0.2, 0.25) is 5.91 Å². The second-order valence-corrected chi connectivity index (χ2v) is 4.91. The zero-order valence-corrected chi connectivity index (χ0v) is 10.0. The number of hydrogen-bond donors (Lipinski definition) is 2. The van der Waals surface area contributed by atoms with Crippen LogP contribution in [-0.4, -0.2) is 55.5 Å². The van der Waals surface area contributed by atoms with E-state index < -0.39 is 12.0 Å². The molecule has 17 heavy (non-hydrogen) atoms. The summed E-state index contributed by atoms with van der Waals surface area (Å²) in [5, 5.41) is 5.75. The second kappa shape index (κ2) is 4.86. The van der Waals surface area contributed by atoms with Crippen LogP contribution >= 0.6 is 0 Å². The normalized spacial score (nSPS) is 32.8. The van der Waals surface area contributed by atoms with Crippen LogP contribution < -0.4 is 10.6 Å². The van der Waals surface area contributed by atoms with Crippen molar-refractivity contribution < 1.29 is 13.6 Å². The first-order chi connectivity index (χ1) is 8.02. The molecule has 2 aliphatic rings. The fourth-order valence-corrected chi connectivity index (χ4v) is 2.52. The topological polar surface area (TPSA) is 44.4 Å². The SMILES string of the molecule is CNC1CCCN(C(=O)C2CC(F)(F)CN2)C1. The molecule has 2 saturated heterocycles. The number of carbonyl (C=O) groups is 1. The Morgan fingerprint density at radius 2 is 2.29 bits per heavy atom. The van der Waals surface area contributed by atoms with Crippen molar-refractivity contribution in [3.05, 3.63) is 0 Å². The molecule has 2 N–H and O–H groups in total. The summed E-state index contributed by atoms with van der Waals surface area (Å²) in [6.07, 6.45) is 1.60. The molecule has 0 aliphatic carbocycles. The zero-order chi connectivity index (χ0) is 12.5. The number of amides is 1. The van der Waals surface area contributed by atoms with E-state index in [-0.39, 0.29) is 24.9 Å². The molecule has 2 rings (SSSR count). The number of nitrogens with one attached hydrogen (secondary N) is 2. The first-order valence-electron chi connectivity index (χ1n) is 6.09. The highest BCUT2D eigenvalue weighted by Crippen LogP contribution is 2.26. The third-order valence-corrected chi connectivity index (χ3v) is 3.55.